The topological polar surface area (TPSA) is 38.5 Å². The van der Waals surface area contributed by atoms with Crippen molar-refractivity contribution in [1.82, 2.24) is 4.90 Å². The first-order valence-corrected chi connectivity index (χ1v) is 6.27. The van der Waals surface area contributed by atoms with Gasteiger partial charge in [-0.1, -0.05) is 12.8 Å². The van der Waals surface area contributed by atoms with Crippen molar-refractivity contribution in [2.75, 3.05) is 32.8 Å². The second-order valence-corrected chi connectivity index (χ2v) is 5.30. The van der Waals surface area contributed by atoms with Gasteiger partial charge in [-0.25, -0.2) is 0 Å². The Bertz CT molecular complexity index is 198. The Morgan fingerprint density at radius 1 is 1.33 bits per heavy atom. The fourth-order valence-electron chi connectivity index (χ4n) is 2.57. The summed E-state index contributed by atoms with van der Waals surface area (Å²) in [5.41, 5.74) is 6.20. The number of nitrogens with zero attached hydrogens (tertiary/aromatic N) is 1. The first kappa shape index (κ1) is 11.4. The maximum atomic E-state index is 5.98. The zero-order valence-corrected chi connectivity index (χ0v) is 9.87. The molecule has 3 nitrogen and oxygen atoms in total. The highest BCUT2D eigenvalue weighted by molar-refractivity contribution is 4.93. The highest BCUT2D eigenvalue weighted by atomic mass is 16.5. The average molecular weight is 212 g/mol. The number of hydrogen-bond acceptors (Lipinski definition) is 3. The van der Waals surface area contributed by atoms with Crippen LogP contribution in [0.25, 0.3) is 0 Å². The van der Waals surface area contributed by atoms with E-state index in [-0.39, 0.29) is 5.54 Å². The van der Waals surface area contributed by atoms with Gasteiger partial charge in [0, 0.05) is 31.8 Å². The van der Waals surface area contributed by atoms with Gasteiger partial charge in [-0.15, -0.1) is 0 Å². The summed E-state index contributed by atoms with van der Waals surface area (Å²) in [4.78, 5) is 2.55. The van der Waals surface area contributed by atoms with E-state index in [2.05, 4.69) is 11.8 Å². The third-order valence-electron chi connectivity index (χ3n) is 3.85. The molecule has 2 fully saturated rings. The molecule has 15 heavy (non-hydrogen) atoms. The quantitative estimate of drug-likeness (QED) is 0.761. The zero-order chi connectivity index (χ0) is 10.7. The van der Waals surface area contributed by atoms with Crippen molar-refractivity contribution >= 4 is 0 Å². The van der Waals surface area contributed by atoms with Crippen LogP contribution in [0.4, 0.5) is 0 Å². The van der Waals surface area contributed by atoms with Crippen molar-refractivity contribution in [3.05, 3.63) is 0 Å². The van der Waals surface area contributed by atoms with Gasteiger partial charge >= 0.3 is 0 Å². The Morgan fingerprint density at radius 2 is 2.13 bits per heavy atom. The summed E-state index contributed by atoms with van der Waals surface area (Å²) >= 11 is 0. The van der Waals surface area contributed by atoms with Crippen molar-refractivity contribution in [2.45, 2.75) is 38.1 Å². The van der Waals surface area contributed by atoms with Gasteiger partial charge in [0.25, 0.3) is 0 Å². The van der Waals surface area contributed by atoms with Gasteiger partial charge in [-0.2, -0.15) is 0 Å². The zero-order valence-electron chi connectivity index (χ0n) is 9.87. The lowest BCUT2D eigenvalue weighted by molar-refractivity contribution is 0.0839. The van der Waals surface area contributed by atoms with Crippen molar-refractivity contribution in [2.24, 2.45) is 11.7 Å². The molecule has 2 N–H and O–H groups in total. The average Bonchev–Trinajstić information content (AvgIpc) is 3.02. The van der Waals surface area contributed by atoms with Gasteiger partial charge in [0.1, 0.15) is 0 Å². The van der Waals surface area contributed by atoms with Crippen LogP contribution in [0.1, 0.15) is 32.6 Å². The Labute approximate surface area is 93.0 Å². The third-order valence-corrected chi connectivity index (χ3v) is 3.85. The molecule has 88 valence electrons. The molecule has 1 unspecified atom stereocenters. The molecule has 1 heterocycles. The van der Waals surface area contributed by atoms with Crippen LogP contribution < -0.4 is 5.73 Å². The molecule has 1 saturated heterocycles. The lowest BCUT2D eigenvalue weighted by Gasteiger charge is -2.40. The molecule has 0 amide bonds. The lowest BCUT2D eigenvalue weighted by atomic mass is 9.92. The molecular weight excluding hydrogens is 188 g/mol. The standard InChI is InChI=1S/C12H24N2O/c1-12(10-13,9-11-3-4-11)14-5-2-7-15-8-6-14/h11H,2-10,13H2,1H3. The lowest BCUT2D eigenvalue weighted by Crippen LogP contribution is -2.52. The Morgan fingerprint density at radius 3 is 2.80 bits per heavy atom. The molecule has 1 atom stereocenters. The van der Waals surface area contributed by atoms with Crippen LogP contribution >= 0.6 is 0 Å². The van der Waals surface area contributed by atoms with E-state index in [0.717, 1.165) is 45.2 Å². The van der Waals surface area contributed by atoms with E-state index in [1.807, 2.05) is 0 Å². The van der Waals surface area contributed by atoms with E-state index >= 15 is 0 Å². The molecule has 0 aromatic heterocycles. The Hall–Kier alpha value is -0.120. The molecule has 2 rings (SSSR count). The summed E-state index contributed by atoms with van der Waals surface area (Å²) in [5, 5.41) is 0. The highest BCUT2D eigenvalue weighted by Crippen LogP contribution is 2.38. The number of nitrogens with two attached hydrogens (primary N) is 1. The van der Waals surface area contributed by atoms with E-state index in [4.69, 9.17) is 10.5 Å². The maximum Gasteiger partial charge on any atom is 0.0593 e. The van der Waals surface area contributed by atoms with Crippen molar-refractivity contribution in [3.8, 4) is 0 Å². The van der Waals surface area contributed by atoms with Gasteiger partial charge in [0.2, 0.25) is 0 Å². The molecule has 1 aliphatic heterocycles. The van der Waals surface area contributed by atoms with Gasteiger partial charge in [-0.05, 0) is 25.7 Å². The highest BCUT2D eigenvalue weighted by Gasteiger charge is 2.36. The predicted molar refractivity (Wildman–Crippen MR) is 61.8 cm³/mol. The van der Waals surface area contributed by atoms with Crippen LogP contribution in [0.5, 0.6) is 0 Å². The maximum absolute atomic E-state index is 5.98. The van der Waals surface area contributed by atoms with Crippen molar-refractivity contribution < 1.29 is 4.74 Å². The number of hydrogen-bond donors (Lipinski definition) is 1. The summed E-state index contributed by atoms with van der Waals surface area (Å²) in [6.45, 7) is 7.11. The summed E-state index contributed by atoms with van der Waals surface area (Å²) in [6.07, 6.45) is 5.27. The van der Waals surface area contributed by atoms with Crippen LogP contribution in [-0.4, -0.2) is 43.3 Å². The van der Waals surface area contributed by atoms with Crippen LogP contribution in [0, 0.1) is 5.92 Å². The second-order valence-electron chi connectivity index (χ2n) is 5.30. The van der Waals surface area contributed by atoms with E-state index in [1.54, 1.807) is 0 Å². The molecular formula is C12H24N2O. The van der Waals surface area contributed by atoms with Gasteiger partial charge < -0.3 is 10.5 Å². The van der Waals surface area contributed by atoms with E-state index in [9.17, 15) is 0 Å². The normalized spacial score (nSPS) is 28.4. The first-order valence-electron chi connectivity index (χ1n) is 6.27. The minimum Gasteiger partial charge on any atom is -0.380 e. The van der Waals surface area contributed by atoms with Crippen LogP contribution in [0.3, 0.4) is 0 Å². The van der Waals surface area contributed by atoms with Gasteiger partial charge in [0.05, 0.1) is 6.61 Å². The number of rotatable bonds is 4. The molecule has 3 heteroatoms. The molecule has 2 aliphatic rings. The summed E-state index contributed by atoms with van der Waals surface area (Å²) < 4.78 is 5.50. The fraction of sp³-hybridized carbons (Fsp3) is 1.00. The third kappa shape index (κ3) is 2.92. The van der Waals surface area contributed by atoms with Gasteiger partial charge in [0.15, 0.2) is 0 Å². The number of ether oxygens (including phenoxy) is 1. The van der Waals surface area contributed by atoms with Crippen LogP contribution in [-0.2, 0) is 4.74 Å². The van der Waals surface area contributed by atoms with Gasteiger partial charge in [-0.3, -0.25) is 4.90 Å². The molecule has 0 aromatic carbocycles. The smallest absolute Gasteiger partial charge is 0.0593 e. The second kappa shape index (κ2) is 4.81. The Balaban J connectivity index is 1.94. The molecule has 1 saturated carbocycles. The Kier molecular flexibility index (Phi) is 3.65. The summed E-state index contributed by atoms with van der Waals surface area (Å²) in [5.74, 6) is 0.947. The molecule has 1 aliphatic carbocycles. The predicted octanol–water partition coefficient (Wildman–Crippen LogP) is 1.23. The minimum atomic E-state index is 0.217. The van der Waals surface area contributed by atoms with E-state index in [1.165, 1.54) is 19.3 Å². The summed E-state index contributed by atoms with van der Waals surface area (Å²) in [7, 11) is 0. The monoisotopic (exact) mass is 212 g/mol. The molecule has 0 aromatic rings. The SMILES string of the molecule is CC(CN)(CC1CC1)N1CCCOCC1. The minimum absolute atomic E-state index is 0.217. The van der Waals surface area contributed by atoms with E-state index < -0.39 is 0 Å². The summed E-state index contributed by atoms with van der Waals surface area (Å²) in [6, 6.07) is 0. The van der Waals surface area contributed by atoms with Crippen LogP contribution in [0.15, 0.2) is 0 Å². The first-order chi connectivity index (χ1) is 7.24. The van der Waals surface area contributed by atoms with Crippen LogP contribution in [0.2, 0.25) is 0 Å². The molecule has 0 spiro atoms. The van der Waals surface area contributed by atoms with Crippen molar-refractivity contribution in [3.63, 3.8) is 0 Å². The molecule has 0 radical (unpaired) electrons. The molecule has 0 bridgehead atoms. The largest absolute Gasteiger partial charge is 0.380 e. The van der Waals surface area contributed by atoms with Crippen molar-refractivity contribution in [1.29, 1.82) is 0 Å². The van der Waals surface area contributed by atoms with E-state index in [0.29, 0.717) is 0 Å². The fourth-order valence-corrected chi connectivity index (χ4v) is 2.57.